The Morgan fingerprint density at radius 1 is 1.50 bits per heavy atom. The molecule has 1 rings (SSSR count). The fraction of sp³-hybridized carbons (Fsp3) is 0.364. The molecule has 0 saturated carbocycles. The fourth-order valence-corrected chi connectivity index (χ4v) is 1.59. The van der Waals surface area contributed by atoms with Gasteiger partial charge < -0.3 is 15.8 Å². The summed E-state index contributed by atoms with van der Waals surface area (Å²) in [6.07, 6.45) is 0. The van der Waals surface area contributed by atoms with E-state index in [4.69, 9.17) is 10.5 Å². The number of anilines is 1. The minimum atomic E-state index is 0.158. The number of nitrogens with two attached hydrogens (primary N) is 1. The molecule has 0 fully saturated rings. The summed E-state index contributed by atoms with van der Waals surface area (Å²) >= 11 is 3.39. The van der Waals surface area contributed by atoms with Crippen molar-refractivity contribution in [1.29, 1.82) is 0 Å². The molecule has 0 saturated heterocycles. The van der Waals surface area contributed by atoms with E-state index in [-0.39, 0.29) is 6.04 Å². The number of hydrogen-bond donors (Lipinski definition) is 2. The van der Waals surface area contributed by atoms with Gasteiger partial charge in [-0.25, -0.2) is 0 Å². The summed E-state index contributed by atoms with van der Waals surface area (Å²) in [7, 11) is 1.62. The molecule has 0 radical (unpaired) electrons. The standard InChI is InChI=1S/C11H16BrN3O/c1-7(2)14-11(13)15-9-6-8(12)4-5-10(9)16-3/h4-7H,1-3H3,(H3,13,14,15). The Kier molecular flexibility index (Phi) is 4.61. The van der Waals surface area contributed by atoms with Crippen molar-refractivity contribution in [2.75, 3.05) is 12.4 Å². The van der Waals surface area contributed by atoms with Gasteiger partial charge in [0.2, 0.25) is 0 Å². The smallest absolute Gasteiger partial charge is 0.193 e. The van der Waals surface area contributed by atoms with Gasteiger partial charge in [0.25, 0.3) is 0 Å². The van der Waals surface area contributed by atoms with Gasteiger partial charge in [-0.15, -0.1) is 0 Å². The monoisotopic (exact) mass is 285 g/mol. The third kappa shape index (κ3) is 3.73. The number of ether oxygens (including phenoxy) is 1. The summed E-state index contributed by atoms with van der Waals surface area (Å²) in [4.78, 5) is 4.19. The summed E-state index contributed by atoms with van der Waals surface area (Å²) in [5.41, 5.74) is 6.54. The van der Waals surface area contributed by atoms with Crippen molar-refractivity contribution in [3.05, 3.63) is 22.7 Å². The van der Waals surface area contributed by atoms with Crippen molar-refractivity contribution in [2.24, 2.45) is 10.7 Å². The van der Waals surface area contributed by atoms with Crippen LogP contribution in [0.25, 0.3) is 0 Å². The predicted molar refractivity (Wildman–Crippen MR) is 71.1 cm³/mol. The molecule has 4 nitrogen and oxygen atoms in total. The van der Waals surface area contributed by atoms with Gasteiger partial charge in [0.05, 0.1) is 12.8 Å². The zero-order chi connectivity index (χ0) is 12.1. The summed E-state index contributed by atoms with van der Waals surface area (Å²) in [6, 6.07) is 5.81. The molecule has 16 heavy (non-hydrogen) atoms. The minimum Gasteiger partial charge on any atom is -0.495 e. The maximum Gasteiger partial charge on any atom is 0.193 e. The second-order valence-corrected chi connectivity index (χ2v) is 4.49. The van der Waals surface area contributed by atoms with E-state index in [0.717, 1.165) is 15.9 Å². The molecule has 0 spiro atoms. The van der Waals surface area contributed by atoms with Crippen LogP contribution in [0.5, 0.6) is 5.75 Å². The Balaban J connectivity index is 2.91. The third-order valence-corrected chi connectivity index (χ3v) is 2.31. The van der Waals surface area contributed by atoms with E-state index in [1.54, 1.807) is 7.11 Å². The Morgan fingerprint density at radius 2 is 2.19 bits per heavy atom. The summed E-state index contributed by atoms with van der Waals surface area (Å²) in [5, 5.41) is 3.01. The molecule has 0 aliphatic carbocycles. The summed E-state index contributed by atoms with van der Waals surface area (Å²) in [6.45, 7) is 3.93. The first-order valence-corrected chi connectivity index (χ1v) is 5.76. The first kappa shape index (κ1) is 12.8. The normalized spacial score (nSPS) is 11.7. The molecule has 0 aromatic heterocycles. The maximum atomic E-state index is 5.75. The van der Waals surface area contributed by atoms with Crippen molar-refractivity contribution in [3.8, 4) is 5.75 Å². The van der Waals surface area contributed by atoms with E-state index >= 15 is 0 Å². The molecule has 0 amide bonds. The average molecular weight is 286 g/mol. The molecular weight excluding hydrogens is 270 g/mol. The number of methoxy groups -OCH3 is 1. The van der Waals surface area contributed by atoms with Gasteiger partial charge in [0.1, 0.15) is 5.75 Å². The largest absolute Gasteiger partial charge is 0.495 e. The van der Waals surface area contributed by atoms with Crippen molar-refractivity contribution < 1.29 is 4.74 Å². The van der Waals surface area contributed by atoms with Gasteiger partial charge in [-0.1, -0.05) is 15.9 Å². The quantitative estimate of drug-likeness (QED) is 0.663. The van der Waals surface area contributed by atoms with Crippen LogP contribution in [-0.4, -0.2) is 19.1 Å². The lowest BCUT2D eigenvalue weighted by molar-refractivity contribution is 0.417. The van der Waals surface area contributed by atoms with E-state index in [9.17, 15) is 0 Å². The van der Waals surface area contributed by atoms with Gasteiger partial charge in [-0.05, 0) is 32.0 Å². The second kappa shape index (κ2) is 5.75. The van der Waals surface area contributed by atoms with Gasteiger partial charge in [0.15, 0.2) is 5.96 Å². The Hall–Kier alpha value is -1.23. The number of guanidine groups is 1. The van der Waals surface area contributed by atoms with Crippen LogP contribution in [0.4, 0.5) is 5.69 Å². The Labute approximate surface area is 104 Å². The molecule has 0 atom stereocenters. The van der Waals surface area contributed by atoms with E-state index in [0.29, 0.717) is 5.96 Å². The molecule has 1 aromatic rings. The SMILES string of the molecule is COc1ccc(Br)cc1NC(N)=NC(C)C. The number of halogens is 1. The average Bonchev–Trinajstić information content (AvgIpc) is 2.16. The van der Waals surface area contributed by atoms with Crippen LogP contribution in [0.1, 0.15) is 13.8 Å². The Bertz CT molecular complexity index is 391. The van der Waals surface area contributed by atoms with Crippen LogP contribution in [0.2, 0.25) is 0 Å². The third-order valence-electron chi connectivity index (χ3n) is 1.82. The zero-order valence-corrected chi connectivity index (χ0v) is 11.2. The highest BCUT2D eigenvalue weighted by Crippen LogP contribution is 2.27. The lowest BCUT2D eigenvalue weighted by Gasteiger charge is -2.11. The molecule has 0 aliphatic rings. The number of benzene rings is 1. The van der Waals surface area contributed by atoms with Crippen molar-refractivity contribution in [2.45, 2.75) is 19.9 Å². The molecule has 1 aromatic carbocycles. The number of nitrogens with zero attached hydrogens (tertiary/aromatic N) is 1. The molecule has 0 heterocycles. The molecule has 0 bridgehead atoms. The second-order valence-electron chi connectivity index (χ2n) is 3.58. The first-order chi connectivity index (χ1) is 7.52. The van der Waals surface area contributed by atoms with Gasteiger partial charge in [-0.3, -0.25) is 4.99 Å². The zero-order valence-electron chi connectivity index (χ0n) is 9.62. The topological polar surface area (TPSA) is 59.6 Å². The van der Waals surface area contributed by atoms with Gasteiger partial charge in [-0.2, -0.15) is 0 Å². The van der Waals surface area contributed by atoms with E-state index in [1.165, 1.54) is 0 Å². The summed E-state index contributed by atoms with van der Waals surface area (Å²) < 4.78 is 6.16. The Morgan fingerprint density at radius 3 is 2.75 bits per heavy atom. The van der Waals surface area contributed by atoms with E-state index in [2.05, 4.69) is 26.2 Å². The van der Waals surface area contributed by atoms with Crippen LogP contribution in [-0.2, 0) is 0 Å². The fourth-order valence-electron chi connectivity index (χ4n) is 1.23. The molecule has 5 heteroatoms. The van der Waals surface area contributed by atoms with Crippen molar-refractivity contribution in [3.63, 3.8) is 0 Å². The number of rotatable bonds is 3. The highest BCUT2D eigenvalue weighted by molar-refractivity contribution is 9.10. The molecule has 88 valence electrons. The van der Waals surface area contributed by atoms with Crippen LogP contribution >= 0.6 is 15.9 Å². The minimum absolute atomic E-state index is 0.158. The highest BCUT2D eigenvalue weighted by Gasteiger charge is 2.04. The number of nitrogens with one attached hydrogen (secondary N) is 1. The lowest BCUT2D eigenvalue weighted by Crippen LogP contribution is -2.24. The molecule has 0 unspecified atom stereocenters. The van der Waals surface area contributed by atoms with Gasteiger partial charge in [0, 0.05) is 10.5 Å². The number of hydrogen-bond acceptors (Lipinski definition) is 2. The van der Waals surface area contributed by atoms with Crippen LogP contribution < -0.4 is 15.8 Å². The molecular formula is C11H16BrN3O. The van der Waals surface area contributed by atoms with Crippen LogP contribution in [0.3, 0.4) is 0 Å². The van der Waals surface area contributed by atoms with Gasteiger partial charge >= 0.3 is 0 Å². The van der Waals surface area contributed by atoms with Crippen molar-refractivity contribution >= 4 is 27.6 Å². The van der Waals surface area contributed by atoms with Crippen molar-refractivity contribution in [1.82, 2.24) is 0 Å². The number of aliphatic imine (C=N–C) groups is 1. The lowest BCUT2D eigenvalue weighted by atomic mass is 10.3. The maximum absolute atomic E-state index is 5.75. The molecule has 3 N–H and O–H groups in total. The van der Waals surface area contributed by atoms with E-state index in [1.807, 2.05) is 32.0 Å². The molecule has 0 aliphatic heterocycles. The predicted octanol–water partition coefficient (Wildman–Crippen LogP) is 2.59. The van der Waals surface area contributed by atoms with Crippen LogP contribution in [0.15, 0.2) is 27.7 Å². The first-order valence-electron chi connectivity index (χ1n) is 4.96. The van der Waals surface area contributed by atoms with Crippen LogP contribution in [0, 0.1) is 0 Å². The van der Waals surface area contributed by atoms with E-state index < -0.39 is 0 Å². The summed E-state index contributed by atoms with van der Waals surface area (Å²) in [5.74, 6) is 1.11. The highest BCUT2D eigenvalue weighted by atomic mass is 79.9.